The van der Waals surface area contributed by atoms with E-state index in [2.05, 4.69) is 20.8 Å². The monoisotopic (exact) mass is 504 g/mol. The number of nitrogens with two attached hydrogens (primary N) is 1. The van der Waals surface area contributed by atoms with Gasteiger partial charge in [-0.05, 0) is 24.1 Å². The van der Waals surface area contributed by atoms with Gasteiger partial charge in [-0.3, -0.25) is 15.0 Å². The van der Waals surface area contributed by atoms with Crippen molar-refractivity contribution >= 4 is 40.2 Å². The van der Waals surface area contributed by atoms with Crippen LogP contribution in [-0.4, -0.2) is 60.1 Å². The van der Waals surface area contributed by atoms with Gasteiger partial charge in [0, 0.05) is 29.4 Å². The topological polar surface area (TPSA) is 172 Å². The fourth-order valence-electron chi connectivity index (χ4n) is 4.12. The van der Waals surface area contributed by atoms with E-state index < -0.39 is 24.0 Å². The highest BCUT2D eigenvalue weighted by molar-refractivity contribution is 6.03. The molecule has 0 bridgehead atoms. The van der Waals surface area contributed by atoms with Gasteiger partial charge >= 0.3 is 5.97 Å². The molecule has 11 nitrogen and oxygen atoms in total. The molecule has 1 aliphatic heterocycles. The van der Waals surface area contributed by atoms with Crippen molar-refractivity contribution in [2.75, 3.05) is 13.7 Å². The number of aromatic nitrogens is 1. The van der Waals surface area contributed by atoms with Crippen molar-refractivity contribution < 1.29 is 24.0 Å². The lowest BCUT2D eigenvalue weighted by Crippen LogP contribution is -2.49. The van der Waals surface area contributed by atoms with Crippen LogP contribution in [0.4, 0.5) is 0 Å². The van der Waals surface area contributed by atoms with Crippen LogP contribution in [0.3, 0.4) is 0 Å². The van der Waals surface area contributed by atoms with Gasteiger partial charge in [0.2, 0.25) is 5.91 Å². The molecule has 0 fully saturated rings. The number of carbonyl (C=O) groups excluding carboxylic acids is 3. The smallest absolute Gasteiger partial charge is 0.330 e. The van der Waals surface area contributed by atoms with Crippen LogP contribution in [-0.2, 0) is 19.2 Å². The number of hydrogen-bond acceptors (Lipinski definition) is 7. The number of nitrogen functional groups attached to an aromatic ring is 1. The number of hydrogen-bond donors (Lipinski definition) is 5. The summed E-state index contributed by atoms with van der Waals surface area (Å²) in [6.45, 7) is 1.67. The maximum atomic E-state index is 12.9. The van der Waals surface area contributed by atoms with Crippen LogP contribution in [0.5, 0.6) is 0 Å². The lowest BCUT2D eigenvalue weighted by atomic mass is 10.0. The summed E-state index contributed by atoms with van der Waals surface area (Å²) in [4.78, 5) is 46.2. The number of nitrogens with zero attached hydrogens (tertiary/aromatic N) is 1. The zero-order valence-electron chi connectivity index (χ0n) is 20.5. The van der Waals surface area contributed by atoms with E-state index in [1.165, 1.54) is 7.11 Å². The van der Waals surface area contributed by atoms with Crippen LogP contribution in [0.1, 0.15) is 40.0 Å². The van der Waals surface area contributed by atoms with Crippen molar-refractivity contribution in [3.63, 3.8) is 0 Å². The van der Waals surface area contributed by atoms with Crippen molar-refractivity contribution in [2.24, 2.45) is 10.9 Å². The summed E-state index contributed by atoms with van der Waals surface area (Å²) < 4.78 is 4.81. The van der Waals surface area contributed by atoms with Crippen LogP contribution < -0.4 is 16.4 Å². The first-order valence-electron chi connectivity index (χ1n) is 11.7. The number of nitrogens with one attached hydrogen (secondary N) is 4. The largest absolute Gasteiger partial charge is 0.467 e. The van der Waals surface area contributed by atoms with Gasteiger partial charge in [0.25, 0.3) is 5.91 Å². The Kier molecular flexibility index (Phi) is 7.52. The van der Waals surface area contributed by atoms with Crippen LogP contribution >= 0.6 is 0 Å². The summed E-state index contributed by atoms with van der Waals surface area (Å²) in [5.74, 6) is -1.55. The predicted octanol–water partition coefficient (Wildman–Crippen LogP) is 1.73. The van der Waals surface area contributed by atoms with Crippen LogP contribution in [0, 0.1) is 12.3 Å². The number of aromatic amines is 1. The highest BCUT2D eigenvalue weighted by atomic mass is 16.6. The number of oxime groups is 1. The molecule has 2 amide bonds. The van der Waals surface area contributed by atoms with E-state index in [1.807, 2.05) is 31.2 Å². The molecule has 2 heterocycles. The van der Waals surface area contributed by atoms with E-state index in [0.717, 1.165) is 22.0 Å². The maximum Gasteiger partial charge on any atom is 0.330 e. The molecule has 0 spiro atoms. The summed E-state index contributed by atoms with van der Waals surface area (Å²) >= 11 is 0. The summed E-state index contributed by atoms with van der Waals surface area (Å²) in [5, 5.41) is 17.7. The van der Waals surface area contributed by atoms with E-state index in [-0.39, 0.29) is 24.7 Å². The number of methoxy groups -OCH3 is 1. The summed E-state index contributed by atoms with van der Waals surface area (Å²) in [6, 6.07) is 13.4. The molecule has 4 rings (SSSR count). The number of fused-ring (bicyclic) bond motifs is 1. The first kappa shape index (κ1) is 25.4. The first-order chi connectivity index (χ1) is 17.8. The molecular formula is C26H28N6O5. The highest BCUT2D eigenvalue weighted by Crippen LogP contribution is 2.22. The molecule has 0 radical (unpaired) electrons. The Morgan fingerprint density at radius 1 is 1.22 bits per heavy atom. The number of ether oxygens (including phenoxy) is 1. The number of para-hydroxylation sites is 1. The fourth-order valence-corrected chi connectivity index (χ4v) is 4.12. The molecule has 11 heteroatoms. The second-order valence-corrected chi connectivity index (χ2v) is 8.69. The van der Waals surface area contributed by atoms with Gasteiger partial charge in [-0.15, -0.1) is 0 Å². The Morgan fingerprint density at radius 2 is 1.95 bits per heavy atom. The second kappa shape index (κ2) is 10.9. The van der Waals surface area contributed by atoms with Crippen LogP contribution in [0.2, 0.25) is 0 Å². The highest BCUT2D eigenvalue weighted by Gasteiger charge is 2.28. The van der Waals surface area contributed by atoms with E-state index in [9.17, 15) is 14.4 Å². The van der Waals surface area contributed by atoms with Gasteiger partial charge in [0.05, 0.1) is 19.2 Å². The fraction of sp³-hybridized carbons (Fsp3) is 0.269. The van der Waals surface area contributed by atoms with Crippen molar-refractivity contribution in [1.82, 2.24) is 15.6 Å². The zero-order chi connectivity index (χ0) is 26.5. The summed E-state index contributed by atoms with van der Waals surface area (Å²) in [6.07, 6.45) is -0.0341. The average molecular weight is 505 g/mol. The Labute approximate surface area is 212 Å². The third-order valence-corrected chi connectivity index (χ3v) is 6.16. The molecule has 192 valence electrons. The third-order valence-electron chi connectivity index (χ3n) is 6.16. The minimum absolute atomic E-state index is 0.0154. The van der Waals surface area contributed by atoms with Crippen molar-refractivity contribution in [3.05, 3.63) is 70.9 Å². The standard InChI is InChI=1S/C26H28N6O5/c1-14-18-5-3-4-6-19(18)30-23(14)25(34)31-21(26(35)36-2)13-29-22(33)12-17-11-20(32-37-17)15-7-9-16(10-8-15)24(27)28/h3-10,17,21,30H,11-13H2,1-2H3,(H3,27,28)(H,29,33)(H,31,34). The van der Waals surface area contributed by atoms with Crippen LogP contribution in [0.15, 0.2) is 53.7 Å². The Hall–Kier alpha value is -4.67. The first-order valence-corrected chi connectivity index (χ1v) is 11.7. The van der Waals surface area contributed by atoms with E-state index >= 15 is 0 Å². The Bertz CT molecular complexity index is 1380. The van der Waals surface area contributed by atoms with Crippen molar-refractivity contribution in [1.29, 1.82) is 5.41 Å². The number of rotatable bonds is 9. The van der Waals surface area contributed by atoms with Gasteiger partial charge in [-0.1, -0.05) is 47.6 Å². The lowest BCUT2D eigenvalue weighted by Gasteiger charge is -2.17. The molecule has 0 aliphatic carbocycles. The van der Waals surface area contributed by atoms with E-state index in [1.54, 1.807) is 24.3 Å². The van der Waals surface area contributed by atoms with Crippen molar-refractivity contribution in [3.8, 4) is 0 Å². The van der Waals surface area contributed by atoms with E-state index in [4.69, 9.17) is 20.7 Å². The third kappa shape index (κ3) is 5.77. The number of benzene rings is 2. The number of aryl methyl sites for hydroxylation is 1. The van der Waals surface area contributed by atoms with Crippen molar-refractivity contribution in [2.45, 2.75) is 31.9 Å². The predicted molar refractivity (Wildman–Crippen MR) is 137 cm³/mol. The van der Waals surface area contributed by atoms with Gasteiger partial charge in [0.1, 0.15) is 23.7 Å². The number of amidine groups is 1. The lowest BCUT2D eigenvalue weighted by molar-refractivity contribution is -0.142. The molecule has 1 aliphatic rings. The minimum Gasteiger partial charge on any atom is -0.467 e. The normalized spacial score (nSPS) is 15.4. The van der Waals surface area contributed by atoms with Gasteiger partial charge in [-0.25, -0.2) is 4.79 Å². The number of esters is 1. The molecule has 0 saturated carbocycles. The summed E-state index contributed by atoms with van der Waals surface area (Å²) in [5.41, 5.74) is 9.48. The SMILES string of the molecule is COC(=O)C(CNC(=O)CC1CC(c2ccc(C(=N)N)cc2)=NO1)NC(=O)c1[nH]c2ccccc2c1C. The van der Waals surface area contributed by atoms with Crippen LogP contribution in [0.25, 0.3) is 10.9 Å². The minimum atomic E-state index is -1.08. The molecule has 2 unspecified atom stereocenters. The summed E-state index contributed by atoms with van der Waals surface area (Å²) in [7, 11) is 1.21. The molecule has 6 N–H and O–H groups in total. The Morgan fingerprint density at radius 3 is 2.62 bits per heavy atom. The van der Waals surface area contributed by atoms with Gasteiger partial charge in [0.15, 0.2) is 0 Å². The average Bonchev–Trinajstić information content (AvgIpc) is 3.50. The van der Waals surface area contributed by atoms with E-state index in [0.29, 0.717) is 23.4 Å². The Balaban J connectivity index is 1.31. The number of amides is 2. The molecular weight excluding hydrogens is 476 g/mol. The van der Waals surface area contributed by atoms with Gasteiger partial charge in [-0.2, -0.15) is 0 Å². The quantitative estimate of drug-likeness (QED) is 0.169. The molecule has 2 aromatic carbocycles. The van der Waals surface area contributed by atoms with Gasteiger partial charge < -0.3 is 30.9 Å². The molecule has 0 saturated heterocycles. The maximum absolute atomic E-state index is 12.9. The molecule has 2 atom stereocenters. The molecule has 3 aromatic rings. The number of carbonyl (C=O) groups is 3. The number of H-pyrrole nitrogens is 1. The molecule has 37 heavy (non-hydrogen) atoms. The molecule has 1 aromatic heterocycles. The second-order valence-electron chi connectivity index (χ2n) is 8.69. The zero-order valence-corrected chi connectivity index (χ0v) is 20.5.